The lowest BCUT2D eigenvalue weighted by atomic mass is 10.1. The highest BCUT2D eigenvalue weighted by Crippen LogP contribution is 2.28. The molecule has 0 spiro atoms. The molecule has 1 N–H and O–H groups in total. The van der Waals surface area contributed by atoms with Gasteiger partial charge in [-0.1, -0.05) is 12.8 Å². The van der Waals surface area contributed by atoms with E-state index in [0.29, 0.717) is 12.5 Å². The standard InChI is InChI=1S/C14H26N2O2/c1-15-9-4-10-16(12-5-2-3-6-12)13(11-15)7-8-14(17)18/h12-13H,2-11H2,1H3,(H,17,18). The molecule has 0 amide bonds. The maximum Gasteiger partial charge on any atom is 0.303 e. The Bertz CT molecular complexity index is 277. The minimum atomic E-state index is -0.659. The van der Waals surface area contributed by atoms with Crippen LogP contribution in [0.1, 0.15) is 44.9 Å². The molecule has 4 nitrogen and oxygen atoms in total. The third-order valence-corrected chi connectivity index (χ3v) is 4.43. The number of hydrogen-bond donors (Lipinski definition) is 1. The Morgan fingerprint density at radius 3 is 2.61 bits per heavy atom. The molecule has 0 aromatic heterocycles. The largest absolute Gasteiger partial charge is 0.481 e. The van der Waals surface area contributed by atoms with Gasteiger partial charge in [0.05, 0.1) is 0 Å². The summed E-state index contributed by atoms with van der Waals surface area (Å²) in [5.74, 6) is -0.659. The number of rotatable bonds is 4. The zero-order valence-electron chi connectivity index (χ0n) is 11.5. The smallest absolute Gasteiger partial charge is 0.303 e. The van der Waals surface area contributed by atoms with Crippen molar-refractivity contribution in [3.8, 4) is 0 Å². The van der Waals surface area contributed by atoms with Crippen molar-refractivity contribution in [3.63, 3.8) is 0 Å². The van der Waals surface area contributed by atoms with Gasteiger partial charge in [0.25, 0.3) is 0 Å². The molecule has 1 aliphatic carbocycles. The predicted octanol–water partition coefficient (Wildman–Crippen LogP) is 1.80. The van der Waals surface area contributed by atoms with Gasteiger partial charge in [-0.15, -0.1) is 0 Å². The topological polar surface area (TPSA) is 43.8 Å². The second-order valence-electron chi connectivity index (χ2n) is 5.88. The summed E-state index contributed by atoms with van der Waals surface area (Å²) in [5, 5.41) is 8.90. The highest BCUT2D eigenvalue weighted by atomic mass is 16.4. The first-order valence-corrected chi connectivity index (χ1v) is 7.33. The van der Waals surface area contributed by atoms with Crippen molar-refractivity contribution in [2.24, 2.45) is 0 Å². The number of hydrogen-bond acceptors (Lipinski definition) is 3. The van der Waals surface area contributed by atoms with E-state index in [1.54, 1.807) is 0 Å². The zero-order chi connectivity index (χ0) is 13.0. The van der Waals surface area contributed by atoms with Gasteiger partial charge in [-0.05, 0) is 45.8 Å². The van der Waals surface area contributed by atoms with Crippen LogP contribution in [0.3, 0.4) is 0 Å². The Morgan fingerprint density at radius 1 is 1.22 bits per heavy atom. The summed E-state index contributed by atoms with van der Waals surface area (Å²) in [6.45, 7) is 3.33. The second-order valence-corrected chi connectivity index (χ2v) is 5.88. The molecule has 2 aliphatic rings. The van der Waals surface area contributed by atoms with Gasteiger partial charge in [0.2, 0.25) is 0 Å². The molecule has 0 aromatic rings. The molecule has 0 radical (unpaired) electrons. The van der Waals surface area contributed by atoms with Crippen molar-refractivity contribution < 1.29 is 9.90 Å². The molecule has 1 unspecified atom stereocenters. The summed E-state index contributed by atoms with van der Waals surface area (Å²) in [7, 11) is 2.16. The van der Waals surface area contributed by atoms with E-state index >= 15 is 0 Å². The first-order valence-electron chi connectivity index (χ1n) is 7.33. The van der Waals surface area contributed by atoms with Crippen LogP contribution in [0, 0.1) is 0 Å². The second kappa shape index (κ2) is 6.53. The molecule has 1 aliphatic heterocycles. The van der Waals surface area contributed by atoms with E-state index in [2.05, 4.69) is 16.8 Å². The number of carbonyl (C=O) groups is 1. The van der Waals surface area contributed by atoms with E-state index in [-0.39, 0.29) is 0 Å². The van der Waals surface area contributed by atoms with Crippen LogP contribution < -0.4 is 0 Å². The van der Waals surface area contributed by atoms with Crippen LogP contribution >= 0.6 is 0 Å². The van der Waals surface area contributed by atoms with Gasteiger partial charge in [0.1, 0.15) is 0 Å². The molecule has 2 rings (SSSR count). The molecule has 4 heteroatoms. The number of carboxylic acids is 1. The number of carboxylic acid groups (broad SMARTS) is 1. The van der Waals surface area contributed by atoms with Crippen molar-refractivity contribution in [3.05, 3.63) is 0 Å². The normalized spacial score (nSPS) is 28.4. The number of aliphatic carboxylic acids is 1. The van der Waals surface area contributed by atoms with E-state index in [0.717, 1.165) is 32.1 Å². The average Bonchev–Trinajstić information content (AvgIpc) is 2.77. The summed E-state index contributed by atoms with van der Waals surface area (Å²) in [6.07, 6.45) is 7.65. The average molecular weight is 254 g/mol. The van der Waals surface area contributed by atoms with Crippen LogP contribution in [0.25, 0.3) is 0 Å². The summed E-state index contributed by atoms with van der Waals surface area (Å²) in [5.41, 5.74) is 0. The lowest BCUT2D eigenvalue weighted by Crippen LogP contribution is -2.45. The SMILES string of the molecule is CN1CCCN(C2CCCC2)C(CCC(=O)O)C1. The van der Waals surface area contributed by atoms with Gasteiger partial charge in [0, 0.05) is 25.0 Å². The molecule has 1 saturated carbocycles. The minimum absolute atomic E-state index is 0.307. The Hall–Kier alpha value is -0.610. The van der Waals surface area contributed by atoms with Crippen molar-refractivity contribution in [1.82, 2.24) is 9.80 Å². The van der Waals surface area contributed by atoms with Crippen molar-refractivity contribution >= 4 is 5.97 Å². The first kappa shape index (κ1) is 13.8. The van der Waals surface area contributed by atoms with Crippen LogP contribution in [0.5, 0.6) is 0 Å². The number of nitrogens with zero attached hydrogens (tertiary/aromatic N) is 2. The van der Waals surface area contributed by atoms with Gasteiger partial charge in [-0.2, -0.15) is 0 Å². The number of likely N-dealkylation sites (N-methyl/N-ethyl adjacent to an activating group) is 1. The van der Waals surface area contributed by atoms with E-state index in [1.165, 1.54) is 32.1 Å². The third kappa shape index (κ3) is 3.69. The molecule has 0 bridgehead atoms. The Labute approximate surface area is 110 Å². The highest BCUT2D eigenvalue weighted by Gasteiger charge is 2.30. The Kier molecular flexibility index (Phi) is 5.01. The quantitative estimate of drug-likeness (QED) is 0.831. The molecular formula is C14H26N2O2. The zero-order valence-corrected chi connectivity index (χ0v) is 11.5. The minimum Gasteiger partial charge on any atom is -0.481 e. The molecule has 0 aromatic carbocycles. The molecule has 18 heavy (non-hydrogen) atoms. The van der Waals surface area contributed by atoms with Crippen LogP contribution in [0.2, 0.25) is 0 Å². The van der Waals surface area contributed by atoms with Crippen LogP contribution in [-0.4, -0.2) is 59.6 Å². The molecule has 1 saturated heterocycles. The predicted molar refractivity (Wildman–Crippen MR) is 71.7 cm³/mol. The van der Waals surface area contributed by atoms with Crippen LogP contribution in [-0.2, 0) is 4.79 Å². The van der Waals surface area contributed by atoms with Gasteiger partial charge in [0.15, 0.2) is 0 Å². The fourth-order valence-electron chi connectivity index (χ4n) is 3.53. The Morgan fingerprint density at radius 2 is 1.94 bits per heavy atom. The highest BCUT2D eigenvalue weighted by molar-refractivity contribution is 5.66. The van der Waals surface area contributed by atoms with Gasteiger partial charge in [-0.25, -0.2) is 0 Å². The lowest BCUT2D eigenvalue weighted by Gasteiger charge is -2.35. The van der Waals surface area contributed by atoms with Crippen molar-refractivity contribution in [2.45, 2.75) is 57.0 Å². The monoisotopic (exact) mass is 254 g/mol. The van der Waals surface area contributed by atoms with Crippen molar-refractivity contribution in [2.75, 3.05) is 26.7 Å². The summed E-state index contributed by atoms with van der Waals surface area (Å²) in [4.78, 5) is 15.8. The summed E-state index contributed by atoms with van der Waals surface area (Å²) in [6, 6.07) is 1.16. The fourth-order valence-corrected chi connectivity index (χ4v) is 3.53. The lowest BCUT2D eigenvalue weighted by molar-refractivity contribution is -0.137. The molecule has 1 atom stereocenters. The maximum atomic E-state index is 10.8. The van der Waals surface area contributed by atoms with Crippen LogP contribution in [0.4, 0.5) is 0 Å². The van der Waals surface area contributed by atoms with Crippen LogP contribution in [0.15, 0.2) is 0 Å². The maximum absolute atomic E-state index is 10.8. The Balaban J connectivity index is 1.98. The summed E-state index contributed by atoms with van der Waals surface area (Å²) < 4.78 is 0. The van der Waals surface area contributed by atoms with Gasteiger partial charge < -0.3 is 10.0 Å². The summed E-state index contributed by atoms with van der Waals surface area (Å²) >= 11 is 0. The van der Waals surface area contributed by atoms with Gasteiger partial charge in [-0.3, -0.25) is 9.69 Å². The third-order valence-electron chi connectivity index (χ3n) is 4.43. The first-order chi connectivity index (χ1) is 8.66. The molecular weight excluding hydrogens is 228 g/mol. The van der Waals surface area contributed by atoms with E-state index in [9.17, 15) is 4.79 Å². The fraction of sp³-hybridized carbons (Fsp3) is 0.929. The molecule has 1 heterocycles. The van der Waals surface area contributed by atoms with E-state index in [1.807, 2.05) is 0 Å². The van der Waals surface area contributed by atoms with Crippen molar-refractivity contribution in [1.29, 1.82) is 0 Å². The van der Waals surface area contributed by atoms with E-state index in [4.69, 9.17) is 5.11 Å². The van der Waals surface area contributed by atoms with E-state index < -0.39 is 5.97 Å². The molecule has 104 valence electrons. The molecule has 2 fully saturated rings. The van der Waals surface area contributed by atoms with Gasteiger partial charge >= 0.3 is 5.97 Å².